The van der Waals surface area contributed by atoms with Crippen molar-refractivity contribution in [1.82, 2.24) is 10.4 Å². The van der Waals surface area contributed by atoms with Crippen LogP contribution in [0.25, 0.3) is 0 Å². The van der Waals surface area contributed by atoms with Gasteiger partial charge in [-0.15, -0.1) is 0 Å². The van der Waals surface area contributed by atoms with Crippen LogP contribution in [-0.4, -0.2) is 22.4 Å². The standard InChI is InChI=1S/C19H26N2O2/c1-6-7-8-9-13-17(22)21(19(3,4)5)20-18(23)16-12-10-11-15(2)14-16/h10-12,14H,6-8H2,1-5H3,(H,20,23). The topological polar surface area (TPSA) is 49.4 Å². The van der Waals surface area contributed by atoms with Crippen LogP contribution in [0.5, 0.6) is 0 Å². The molecule has 124 valence electrons. The Morgan fingerprint density at radius 1 is 1.26 bits per heavy atom. The van der Waals surface area contributed by atoms with Gasteiger partial charge in [0, 0.05) is 12.0 Å². The Morgan fingerprint density at radius 2 is 1.96 bits per heavy atom. The predicted molar refractivity (Wildman–Crippen MR) is 92.5 cm³/mol. The number of nitrogens with zero attached hydrogens (tertiary/aromatic N) is 1. The number of hydrogen-bond donors (Lipinski definition) is 1. The van der Waals surface area contributed by atoms with E-state index in [1.54, 1.807) is 12.1 Å². The first kappa shape index (κ1) is 18.8. The Bertz CT molecular complexity index is 618. The van der Waals surface area contributed by atoms with E-state index < -0.39 is 11.4 Å². The molecule has 0 fully saturated rings. The fourth-order valence-corrected chi connectivity index (χ4v) is 1.93. The summed E-state index contributed by atoms with van der Waals surface area (Å²) in [6, 6.07) is 7.24. The van der Waals surface area contributed by atoms with Gasteiger partial charge in [0.1, 0.15) is 0 Å². The summed E-state index contributed by atoms with van der Waals surface area (Å²) < 4.78 is 0. The quantitative estimate of drug-likeness (QED) is 0.528. The van der Waals surface area contributed by atoms with Crippen molar-refractivity contribution in [3.63, 3.8) is 0 Å². The van der Waals surface area contributed by atoms with Crippen molar-refractivity contribution in [2.75, 3.05) is 0 Å². The van der Waals surface area contributed by atoms with Crippen LogP contribution in [0.2, 0.25) is 0 Å². The molecule has 0 aromatic heterocycles. The summed E-state index contributed by atoms with van der Waals surface area (Å²) >= 11 is 0. The molecule has 0 aliphatic carbocycles. The fourth-order valence-electron chi connectivity index (χ4n) is 1.93. The maximum atomic E-state index is 12.4. The van der Waals surface area contributed by atoms with Crippen LogP contribution in [-0.2, 0) is 4.79 Å². The smallest absolute Gasteiger partial charge is 0.267 e. The second kappa shape index (κ2) is 8.38. The third-order valence-corrected chi connectivity index (χ3v) is 3.22. The number of carbonyl (C=O) groups is 2. The summed E-state index contributed by atoms with van der Waals surface area (Å²) in [5.41, 5.74) is 3.63. The van der Waals surface area contributed by atoms with Gasteiger partial charge in [0.25, 0.3) is 5.91 Å². The minimum absolute atomic E-state index is 0.313. The first-order chi connectivity index (χ1) is 10.8. The van der Waals surface area contributed by atoms with Gasteiger partial charge in [0.2, 0.25) is 0 Å². The van der Waals surface area contributed by atoms with Crippen LogP contribution in [0.4, 0.5) is 0 Å². The minimum atomic E-state index is -0.560. The molecule has 0 spiro atoms. The van der Waals surface area contributed by atoms with E-state index in [1.165, 1.54) is 5.01 Å². The van der Waals surface area contributed by atoms with Crippen LogP contribution in [0.3, 0.4) is 0 Å². The molecule has 1 N–H and O–H groups in total. The molecular formula is C19H26N2O2. The number of unbranched alkanes of at least 4 members (excludes halogenated alkanes) is 2. The van der Waals surface area contributed by atoms with Crippen molar-refractivity contribution in [2.45, 2.75) is 59.4 Å². The lowest BCUT2D eigenvalue weighted by atomic mass is 10.1. The Morgan fingerprint density at radius 3 is 2.52 bits per heavy atom. The molecular weight excluding hydrogens is 288 g/mol. The molecule has 0 heterocycles. The van der Waals surface area contributed by atoms with Gasteiger partial charge in [-0.1, -0.05) is 37.0 Å². The summed E-state index contributed by atoms with van der Waals surface area (Å²) in [6.07, 6.45) is 2.69. The van der Waals surface area contributed by atoms with Crippen molar-refractivity contribution in [3.05, 3.63) is 35.4 Å². The lowest BCUT2D eigenvalue weighted by Gasteiger charge is -2.33. The van der Waals surface area contributed by atoms with Crippen molar-refractivity contribution in [1.29, 1.82) is 0 Å². The molecule has 1 aromatic carbocycles. The predicted octanol–water partition coefficient (Wildman–Crippen LogP) is 3.46. The van der Waals surface area contributed by atoms with E-state index >= 15 is 0 Å². The molecule has 1 rings (SSSR count). The maximum Gasteiger partial charge on any atom is 0.317 e. The molecule has 0 unspecified atom stereocenters. The van der Waals surface area contributed by atoms with Crippen LogP contribution >= 0.6 is 0 Å². The zero-order valence-corrected chi connectivity index (χ0v) is 14.7. The first-order valence-corrected chi connectivity index (χ1v) is 7.96. The van der Waals surface area contributed by atoms with Crippen LogP contribution in [0.15, 0.2) is 24.3 Å². The number of benzene rings is 1. The third-order valence-electron chi connectivity index (χ3n) is 3.22. The number of amides is 2. The van der Waals surface area contributed by atoms with Gasteiger partial charge >= 0.3 is 5.91 Å². The van der Waals surface area contributed by atoms with E-state index in [4.69, 9.17) is 0 Å². The molecule has 0 saturated heterocycles. The maximum absolute atomic E-state index is 12.4. The molecule has 0 atom stereocenters. The summed E-state index contributed by atoms with van der Waals surface area (Å²) in [6.45, 7) is 9.56. The highest BCUT2D eigenvalue weighted by molar-refractivity contribution is 5.99. The fraction of sp³-hybridized carbons (Fsp3) is 0.474. The number of hydrazine groups is 1. The van der Waals surface area contributed by atoms with Gasteiger partial charge in [-0.3, -0.25) is 15.0 Å². The Kier molecular flexibility index (Phi) is 6.84. The van der Waals surface area contributed by atoms with Crippen molar-refractivity contribution in [3.8, 4) is 11.8 Å². The molecule has 4 heteroatoms. The normalized spacial score (nSPS) is 10.5. The first-order valence-electron chi connectivity index (χ1n) is 7.96. The Hall–Kier alpha value is -2.28. The van der Waals surface area contributed by atoms with E-state index in [0.29, 0.717) is 12.0 Å². The zero-order chi connectivity index (χ0) is 17.5. The largest absolute Gasteiger partial charge is 0.317 e. The lowest BCUT2D eigenvalue weighted by molar-refractivity contribution is -0.132. The van der Waals surface area contributed by atoms with Crippen molar-refractivity contribution in [2.24, 2.45) is 0 Å². The van der Waals surface area contributed by atoms with Gasteiger partial charge < -0.3 is 0 Å². The number of nitrogens with one attached hydrogen (secondary N) is 1. The van der Waals surface area contributed by atoms with Crippen LogP contribution in [0, 0.1) is 18.8 Å². The zero-order valence-electron chi connectivity index (χ0n) is 14.7. The van der Waals surface area contributed by atoms with Crippen molar-refractivity contribution >= 4 is 11.8 Å². The molecule has 23 heavy (non-hydrogen) atoms. The second-order valence-electron chi connectivity index (χ2n) is 6.53. The lowest BCUT2D eigenvalue weighted by Crippen LogP contribution is -2.55. The average Bonchev–Trinajstić information content (AvgIpc) is 2.47. The van der Waals surface area contributed by atoms with E-state index in [9.17, 15) is 9.59 Å². The van der Waals surface area contributed by atoms with Crippen molar-refractivity contribution < 1.29 is 9.59 Å². The van der Waals surface area contributed by atoms with E-state index in [0.717, 1.165) is 18.4 Å². The monoisotopic (exact) mass is 314 g/mol. The number of carbonyl (C=O) groups excluding carboxylic acids is 2. The summed E-state index contributed by atoms with van der Waals surface area (Å²) in [7, 11) is 0. The highest BCUT2D eigenvalue weighted by Crippen LogP contribution is 2.12. The molecule has 1 aromatic rings. The minimum Gasteiger partial charge on any atom is -0.267 e. The molecule has 0 bridgehead atoms. The molecule has 4 nitrogen and oxygen atoms in total. The van der Waals surface area contributed by atoms with Gasteiger partial charge in [-0.25, -0.2) is 5.01 Å². The number of rotatable bonds is 3. The van der Waals surface area contributed by atoms with Crippen LogP contribution < -0.4 is 5.43 Å². The number of aryl methyl sites for hydroxylation is 1. The molecule has 2 amide bonds. The second-order valence-corrected chi connectivity index (χ2v) is 6.53. The Balaban J connectivity index is 2.88. The average molecular weight is 314 g/mol. The van der Waals surface area contributed by atoms with Gasteiger partial charge in [0.05, 0.1) is 5.54 Å². The van der Waals surface area contributed by atoms with Crippen LogP contribution in [0.1, 0.15) is 62.9 Å². The van der Waals surface area contributed by atoms with E-state index in [-0.39, 0.29) is 5.91 Å². The highest BCUT2D eigenvalue weighted by Gasteiger charge is 2.27. The van der Waals surface area contributed by atoms with Gasteiger partial charge in [-0.05, 0) is 52.2 Å². The van der Waals surface area contributed by atoms with E-state index in [2.05, 4.69) is 24.2 Å². The highest BCUT2D eigenvalue weighted by atomic mass is 16.2. The Labute approximate surface area is 139 Å². The molecule has 0 aliphatic rings. The van der Waals surface area contributed by atoms with E-state index in [1.807, 2.05) is 39.8 Å². The SMILES string of the molecule is CCCCC#CC(=O)N(NC(=O)c1cccc(C)c1)C(C)(C)C. The third kappa shape index (κ3) is 6.15. The van der Waals surface area contributed by atoms with Gasteiger partial charge in [-0.2, -0.15) is 0 Å². The molecule has 0 aliphatic heterocycles. The summed E-state index contributed by atoms with van der Waals surface area (Å²) in [4.78, 5) is 24.7. The molecule has 0 saturated carbocycles. The number of hydrogen-bond acceptors (Lipinski definition) is 2. The summed E-state index contributed by atoms with van der Waals surface area (Å²) in [5.74, 6) is 4.78. The summed E-state index contributed by atoms with van der Waals surface area (Å²) in [5, 5.41) is 1.30. The molecule has 0 radical (unpaired) electrons. The van der Waals surface area contributed by atoms with Gasteiger partial charge in [0.15, 0.2) is 0 Å².